The number of nitrogens with zero attached hydrogens (tertiary/aromatic N) is 3. The van der Waals surface area contributed by atoms with Crippen LogP contribution in [0.15, 0.2) is 17.3 Å². The van der Waals surface area contributed by atoms with Gasteiger partial charge >= 0.3 is 0 Å². The van der Waals surface area contributed by atoms with Gasteiger partial charge in [0.25, 0.3) is 0 Å². The molecule has 0 amide bonds. The summed E-state index contributed by atoms with van der Waals surface area (Å²) in [4.78, 5) is 8.15. The highest BCUT2D eigenvalue weighted by Crippen LogP contribution is 2.33. The molecule has 0 saturated carbocycles. The summed E-state index contributed by atoms with van der Waals surface area (Å²) in [6.45, 7) is -0.394. The van der Waals surface area contributed by atoms with Crippen LogP contribution < -0.4 is 10.9 Å². The Bertz CT molecular complexity index is 665. The van der Waals surface area contributed by atoms with Gasteiger partial charge in [-0.25, -0.2) is 4.98 Å². The van der Waals surface area contributed by atoms with E-state index in [0.717, 1.165) is 11.9 Å². The average Bonchev–Trinajstić information content (AvgIpc) is 3.01. The predicted molar refractivity (Wildman–Crippen MR) is 75.0 cm³/mol. The van der Waals surface area contributed by atoms with Crippen LogP contribution in [0.2, 0.25) is 0 Å². The van der Waals surface area contributed by atoms with E-state index in [-0.39, 0.29) is 5.95 Å². The van der Waals surface area contributed by atoms with Crippen molar-refractivity contribution >= 4 is 28.9 Å². The van der Waals surface area contributed by atoms with E-state index in [2.05, 4.69) is 9.97 Å². The van der Waals surface area contributed by atoms with Crippen LogP contribution >= 0.6 is 11.9 Å². The molecule has 0 spiro atoms. The Kier molecular flexibility index (Phi) is 3.73. The van der Waals surface area contributed by atoms with E-state index in [1.807, 2.05) is 0 Å². The Morgan fingerprint density at radius 3 is 2.71 bits per heavy atom. The van der Waals surface area contributed by atoms with Crippen LogP contribution in [0.5, 0.6) is 0 Å². The fraction of sp³-hybridized carbons (Fsp3) is 0.455. The molecule has 0 unspecified atom stereocenters. The number of anilines is 1. The molecule has 10 heteroatoms. The van der Waals surface area contributed by atoms with E-state index >= 15 is 0 Å². The summed E-state index contributed by atoms with van der Waals surface area (Å²) in [6.07, 6.45) is -2.47. The van der Waals surface area contributed by atoms with E-state index in [1.165, 1.54) is 4.57 Å². The molecule has 114 valence electrons. The van der Waals surface area contributed by atoms with Crippen molar-refractivity contribution in [3.8, 4) is 0 Å². The fourth-order valence-electron chi connectivity index (χ4n) is 2.43. The zero-order valence-electron chi connectivity index (χ0n) is 10.8. The van der Waals surface area contributed by atoms with Crippen LogP contribution in [-0.2, 0) is 4.74 Å². The van der Waals surface area contributed by atoms with Gasteiger partial charge in [-0.2, -0.15) is 4.98 Å². The summed E-state index contributed by atoms with van der Waals surface area (Å²) in [5.74, 6) is 0.0437. The number of fused-ring (bicyclic) bond motifs is 1. The van der Waals surface area contributed by atoms with Crippen molar-refractivity contribution in [1.82, 2.24) is 14.5 Å². The summed E-state index contributed by atoms with van der Waals surface area (Å²) in [6, 6.07) is 1.72. The van der Waals surface area contributed by atoms with E-state index < -0.39 is 31.1 Å². The Morgan fingerprint density at radius 1 is 1.33 bits per heavy atom. The molecular weight excluding hydrogens is 298 g/mol. The zero-order chi connectivity index (χ0) is 15.1. The second-order valence-electron chi connectivity index (χ2n) is 4.69. The Balaban J connectivity index is 2.07. The van der Waals surface area contributed by atoms with Gasteiger partial charge < -0.3 is 30.4 Å². The predicted octanol–water partition coefficient (Wildman–Crippen LogP) is -1.41. The number of ether oxygens (including phenoxy) is 1. The topological polar surface area (TPSA) is 153 Å². The number of hydrogen-bond acceptors (Lipinski definition) is 9. The molecule has 3 heterocycles. The molecule has 9 nitrogen and oxygen atoms in total. The zero-order valence-corrected chi connectivity index (χ0v) is 11.6. The molecule has 4 atom stereocenters. The van der Waals surface area contributed by atoms with E-state index in [4.69, 9.17) is 20.7 Å². The lowest BCUT2D eigenvalue weighted by atomic mass is 10.1. The number of nitrogens with two attached hydrogens (primary N) is 2. The molecule has 1 saturated heterocycles. The van der Waals surface area contributed by atoms with Crippen molar-refractivity contribution < 1.29 is 20.1 Å². The lowest BCUT2D eigenvalue weighted by Gasteiger charge is -2.17. The van der Waals surface area contributed by atoms with Crippen molar-refractivity contribution in [3.63, 3.8) is 0 Å². The number of aliphatic hydroxyl groups is 3. The largest absolute Gasteiger partial charge is 0.394 e. The molecule has 0 bridgehead atoms. The summed E-state index contributed by atoms with van der Waals surface area (Å²) in [5, 5.41) is 35.7. The third-order valence-corrected chi connectivity index (χ3v) is 3.99. The number of aromatic nitrogens is 3. The second-order valence-corrected chi connectivity index (χ2v) is 5.32. The Morgan fingerprint density at radius 2 is 2.10 bits per heavy atom. The van der Waals surface area contributed by atoms with Gasteiger partial charge in [0.1, 0.15) is 29.0 Å². The van der Waals surface area contributed by atoms with Crippen LogP contribution in [0.4, 0.5) is 5.95 Å². The molecule has 3 rings (SSSR count). The van der Waals surface area contributed by atoms with Crippen molar-refractivity contribution in [2.24, 2.45) is 5.14 Å². The van der Waals surface area contributed by atoms with E-state index in [0.29, 0.717) is 16.1 Å². The first kappa shape index (κ1) is 14.5. The highest BCUT2D eigenvalue weighted by molar-refractivity contribution is 7.97. The Hall–Kier alpha value is -1.43. The summed E-state index contributed by atoms with van der Waals surface area (Å²) < 4.78 is 7.01. The van der Waals surface area contributed by atoms with Gasteiger partial charge in [0.05, 0.1) is 12.0 Å². The number of hydrogen-bond donors (Lipinski definition) is 5. The van der Waals surface area contributed by atoms with E-state index in [1.54, 1.807) is 12.3 Å². The first-order valence-corrected chi connectivity index (χ1v) is 7.08. The quantitative estimate of drug-likeness (QED) is 0.340. The van der Waals surface area contributed by atoms with Crippen LogP contribution in [0.3, 0.4) is 0 Å². The van der Waals surface area contributed by atoms with Gasteiger partial charge in [0.15, 0.2) is 6.23 Å². The van der Waals surface area contributed by atoms with Crippen LogP contribution in [0.1, 0.15) is 6.23 Å². The smallest absolute Gasteiger partial charge is 0.223 e. The van der Waals surface area contributed by atoms with Crippen molar-refractivity contribution in [2.75, 3.05) is 12.3 Å². The van der Waals surface area contributed by atoms with Gasteiger partial charge in [-0.1, -0.05) is 0 Å². The normalized spacial score (nSPS) is 29.3. The third kappa shape index (κ3) is 2.25. The lowest BCUT2D eigenvalue weighted by Crippen LogP contribution is -2.33. The minimum atomic E-state index is -1.19. The van der Waals surface area contributed by atoms with Gasteiger partial charge in [0, 0.05) is 6.20 Å². The average molecular weight is 313 g/mol. The number of nitrogen functional groups attached to an aromatic ring is 1. The maximum absolute atomic E-state index is 10.1. The lowest BCUT2D eigenvalue weighted by molar-refractivity contribution is -0.0508. The van der Waals surface area contributed by atoms with Gasteiger partial charge in [-0.15, -0.1) is 0 Å². The van der Waals surface area contributed by atoms with Crippen molar-refractivity contribution in [2.45, 2.75) is 29.6 Å². The van der Waals surface area contributed by atoms with Crippen molar-refractivity contribution in [3.05, 3.63) is 12.3 Å². The molecule has 21 heavy (non-hydrogen) atoms. The third-order valence-electron chi connectivity index (χ3n) is 3.46. The molecule has 1 aliphatic heterocycles. The molecule has 2 aromatic rings. The maximum Gasteiger partial charge on any atom is 0.223 e. The fourth-order valence-corrected chi connectivity index (χ4v) is 2.86. The minimum Gasteiger partial charge on any atom is -0.394 e. The summed E-state index contributed by atoms with van der Waals surface area (Å²) >= 11 is 0.938. The van der Waals surface area contributed by atoms with Gasteiger partial charge in [-0.05, 0) is 18.0 Å². The maximum atomic E-state index is 10.1. The highest BCUT2D eigenvalue weighted by atomic mass is 32.2. The van der Waals surface area contributed by atoms with Gasteiger partial charge in [-0.3, -0.25) is 5.14 Å². The molecule has 1 fully saturated rings. The molecule has 2 aromatic heterocycles. The van der Waals surface area contributed by atoms with Crippen LogP contribution in [-0.4, -0.2) is 54.8 Å². The second kappa shape index (κ2) is 5.40. The molecular formula is C11H15N5O4S. The molecule has 7 N–H and O–H groups in total. The van der Waals surface area contributed by atoms with Crippen LogP contribution in [0, 0.1) is 0 Å². The Labute approximate surface area is 123 Å². The molecule has 0 radical (unpaired) electrons. The summed E-state index contributed by atoms with van der Waals surface area (Å²) in [5.41, 5.74) is 6.08. The molecule has 0 aliphatic carbocycles. The standard InChI is InChI=1S/C11H15N5O4S/c12-11-14-8-4(9(15-11)21-13)1-2-16(8)10-7(19)6(18)5(3-17)20-10/h1-2,5-7,10,17-19H,3,13H2,(H2,12,14,15)/t5-,6-,7-,10-/m1/s1. The number of aliphatic hydroxyl groups excluding tert-OH is 3. The molecule has 0 aromatic carbocycles. The SMILES string of the molecule is NSc1nc(N)nc2c1ccn2[C@@H]1O[C@H](CO)[C@@H](O)[C@H]1O. The van der Waals surface area contributed by atoms with Crippen LogP contribution in [0.25, 0.3) is 11.0 Å². The van der Waals surface area contributed by atoms with E-state index in [9.17, 15) is 10.2 Å². The monoisotopic (exact) mass is 313 g/mol. The first-order valence-electron chi connectivity index (χ1n) is 6.20. The van der Waals surface area contributed by atoms with Gasteiger partial charge in [0.2, 0.25) is 5.95 Å². The summed E-state index contributed by atoms with van der Waals surface area (Å²) in [7, 11) is 0. The molecule has 1 aliphatic rings. The number of rotatable bonds is 3. The minimum absolute atomic E-state index is 0.0437. The van der Waals surface area contributed by atoms with Crippen molar-refractivity contribution in [1.29, 1.82) is 0 Å². The first-order chi connectivity index (χ1) is 10.1. The highest BCUT2D eigenvalue weighted by Gasteiger charge is 2.43.